The van der Waals surface area contributed by atoms with Crippen LogP contribution in [0.2, 0.25) is 0 Å². The Hall–Kier alpha value is -3.23. The van der Waals surface area contributed by atoms with Gasteiger partial charge >= 0.3 is 5.97 Å². The molecule has 0 saturated carbocycles. The summed E-state index contributed by atoms with van der Waals surface area (Å²) in [4.78, 5) is 15.6. The minimum atomic E-state index is -1.13. The highest BCUT2D eigenvalue weighted by Gasteiger charge is 2.22. The minimum Gasteiger partial charge on any atom is -0.495 e. The Bertz CT molecular complexity index is 1040. The summed E-state index contributed by atoms with van der Waals surface area (Å²) in [6.07, 6.45) is -0.679. The van der Waals surface area contributed by atoms with Crippen LogP contribution in [0.3, 0.4) is 0 Å². The first-order valence-corrected chi connectivity index (χ1v) is 10.2. The number of ether oxygens (including phenoxy) is 2. The Morgan fingerprint density at radius 2 is 1.84 bits per heavy atom. The van der Waals surface area contributed by atoms with Crippen molar-refractivity contribution in [1.29, 1.82) is 0 Å². The van der Waals surface area contributed by atoms with Crippen molar-refractivity contribution in [2.24, 2.45) is 0 Å². The number of rotatable bonds is 8. The molecule has 1 aliphatic rings. The number of β-amino-alcohol motifs (C(OH)–C–C–N with tert-alkyl or cyclic N) is 1. The van der Waals surface area contributed by atoms with Gasteiger partial charge in [0.1, 0.15) is 18.5 Å². The maximum Gasteiger partial charge on any atom is 0.371 e. The zero-order chi connectivity index (χ0) is 21.8. The summed E-state index contributed by atoms with van der Waals surface area (Å²) >= 11 is 0. The molecule has 0 bridgehead atoms. The van der Waals surface area contributed by atoms with Gasteiger partial charge in [0, 0.05) is 38.1 Å². The number of hydrogen-bond donors (Lipinski definition) is 2. The number of piperazine rings is 1. The highest BCUT2D eigenvalue weighted by molar-refractivity contribution is 5.93. The van der Waals surface area contributed by atoms with Gasteiger partial charge in [-0.05, 0) is 24.3 Å². The third kappa shape index (κ3) is 4.76. The SMILES string of the molecule is COc1ccccc1N1CCN(CC(O)COc2cccc3cc(C(=O)O)oc23)CC1. The number of furan rings is 1. The van der Waals surface area contributed by atoms with Crippen molar-refractivity contribution in [2.45, 2.75) is 6.10 Å². The third-order valence-corrected chi connectivity index (χ3v) is 5.42. The first kappa shape index (κ1) is 21.0. The first-order chi connectivity index (χ1) is 15.0. The van der Waals surface area contributed by atoms with Crippen molar-refractivity contribution in [3.8, 4) is 11.5 Å². The van der Waals surface area contributed by atoms with E-state index in [4.69, 9.17) is 19.0 Å². The zero-order valence-electron chi connectivity index (χ0n) is 17.4. The Labute approximate surface area is 180 Å². The Morgan fingerprint density at radius 3 is 2.58 bits per heavy atom. The maximum atomic E-state index is 11.1. The van der Waals surface area contributed by atoms with E-state index in [1.54, 1.807) is 25.3 Å². The lowest BCUT2D eigenvalue weighted by Gasteiger charge is -2.37. The van der Waals surface area contributed by atoms with E-state index in [9.17, 15) is 9.90 Å². The number of hydrogen-bond acceptors (Lipinski definition) is 7. The highest BCUT2D eigenvalue weighted by Crippen LogP contribution is 2.30. The lowest BCUT2D eigenvalue weighted by atomic mass is 10.2. The summed E-state index contributed by atoms with van der Waals surface area (Å²) in [7, 11) is 1.68. The molecule has 8 nitrogen and oxygen atoms in total. The summed E-state index contributed by atoms with van der Waals surface area (Å²) in [6.45, 7) is 3.92. The molecule has 1 aromatic heterocycles. The fourth-order valence-electron chi connectivity index (χ4n) is 3.85. The molecule has 0 aliphatic carbocycles. The molecule has 0 spiro atoms. The molecular weight excluding hydrogens is 400 g/mol. The molecule has 31 heavy (non-hydrogen) atoms. The van der Waals surface area contributed by atoms with E-state index < -0.39 is 12.1 Å². The largest absolute Gasteiger partial charge is 0.495 e. The molecule has 1 unspecified atom stereocenters. The van der Waals surface area contributed by atoms with Gasteiger partial charge < -0.3 is 29.0 Å². The number of carboxylic acids is 1. The molecular formula is C23H26N2O6. The van der Waals surface area contributed by atoms with Crippen LogP contribution in [0.5, 0.6) is 11.5 Å². The lowest BCUT2D eigenvalue weighted by Crippen LogP contribution is -2.49. The van der Waals surface area contributed by atoms with E-state index in [2.05, 4.69) is 15.9 Å². The number of nitrogens with zero attached hydrogens (tertiary/aromatic N) is 2. The number of para-hydroxylation sites is 3. The van der Waals surface area contributed by atoms with Crippen LogP contribution in [0.1, 0.15) is 10.6 Å². The molecule has 2 N–H and O–H groups in total. The van der Waals surface area contributed by atoms with Crippen LogP contribution in [0.15, 0.2) is 52.9 Å². The van der Waals surface area contributed by atoms with Crippen LogP contribution in [-0.2, 0) is 0 Å². The molecule has 3 aromatic rings. The summed E-state index contributed by atoms with van der Waals surface area (Å²) < 4.78 is 16.6. The van der Waals surface area contributed by atoms with E-state index in [1.807, 2.05) is 18.2 Å². The molecule has 1 fully saturated rings. The van der Waals surface area contributed by atoms with Gasteiger partial charge in [-0.15, -0.1) is 0 Å². The van der Waals surface area contributed by atoms with Crippen LogP contribution in [0, 0.1) is 0 Å². The second-order valence-corrected chi connectivity index (χ2v) is 7.51. The first-order valence-electron chi connectivity index (χ1n) is 10.2. The molecule has 1 atom stereocenters. The van der Waals surface area contributed by atoms with Gasteiger partial charge in [-0.25, -0.2) is 4.79 Å². The molecule has 8 heteroatoms. The number of aromatic carboxylic acids is 1. The molecule has 2 heterocycles. The summed E-state index contributed by atoms with van der Waals surface area (Å²) in [5.41, 5.74) is 1.46. The van der Waals surface area contributed by atoms with Gasteiger partial charge in [-0.2, -0.15) is 0 Å². The maximum absolute atomic E-state index is 11.1. The Morgan fingerprint density at radius 1 is 1.10 bits per heavy atom. The van der Waals surface area contributed by atoms with E-state index in [0.717, 1.165) is 37.6 Å². The standard InChI is InChI=1S/C23H26N2O6/c1-29-19-7-3-2-6-18(19)25-11-9-24(10-12-25)14-17(26)15-30-20-8-4-5-16-13-21(23(27)28)31-22(16)20/h2-8,13,17,26H,9-12,14-15H2,1H3,(H,27,28). The number of aliphatic hydroxyl groups excluding tert-OH is 1. The molecule has 164 valence electrons. The summed E-state index contributed by atoms with van der Waals surface area (Å²) in [5.74, 6) is 0.0153. The quantitative estimate of drug-likeness (QED) is 0.568. The van der Waals surface area contributed by atoms with Gasteiger partial charge in [0.2, 0.25) is 5.76 Å². The average Bonchev–Trinajstić information content (AvgIpc) is 3.24. The second kappa shape index (κ2) is 9.28. The highest BCUT2D eigenvalue weighted by atomic mass is 16.5. The van der Waals surface area contributed by atoms with E-state index >= 15 is 0 Å². The van der Waals surface area contributed by atoms with Crippen molar-refractivity contribution in [2.75, 3.05) is 51.3 Å². The van der Waals surface area contributed by atoms with Gasteiger partial charge in [0.25, 0.3) is 0 Å². The monoisotopic (exact) mass is 426 g/mol. The molecule has 2 aromatic carbocycles. The number of fused-ring (bicyclic) bond motifs is 1. The fourth-order valence-corrected chi connectivity index (χ4v) is 3.85. The van der Waals surface area contributed by atoms with Crippen LogP contribution in [-0.4, -0.2) is 73.6 Å². The molecule has 1 saturated heterocycles. The van der Waals surface area contributed by atoms with Crippen molar-refractivity contribution in [1.82, 2.24) is 4.90 Å². The number of aliphatic hydroxyl groups is 1. The Balaban J connectivity index is 1.30. The predicted molar refractivity (Wildman–Crippen MR) is 116 cm³/mol. The third-order valence-electron chi connectivity index (χ3n) is 5.42. The van der Waals surface area contributed by atoms with Crippen LogP contribution < -0.4 is 14.4 Å². The molecule has 1 aliphatic heterocycles. The van der Waals surface area contributed by atoms with E-state index in [0.29, 0.717) is 23.3 Å². The van der Waals surface area contributed by atoms with Crippen molar-refractivity contribution < 1.29 is 28.9 Å². The number of methoxy groups -OCH3 is 1. The number of anilines is 1. The lowest BCUT2D eigenvalue weighted by molar-refractivity contribution is 0.0649. The molecule has 4 rings (SSSR count). The zero-order valence-corrected chi connectivity index (χ0v) is 17.4. The number of carbonyl (C=O) groups is 1. The summed E-state index contributed by atoms with van der Waals surface area (Å²) in [5, 5.41) is 20.2. The van der Waals surface area contributed by atoms with Gasteiger partial charge in [-0.1, -0.05) is 24.3 Å². The van der Waals surface area contributed by atoms with Gasteiger partial charge in [-0.3, -0.25) is 4.90 Å². The normalized spacial score (nSPS) is 15.7. The van der Waals surface area contributed by atoms with Gasteiger partial charge in [0.05, 0.1) is 12.8 Å². The second-order valence-electron chi connectivity index (χ2n) is 7.51. The minimum absolute atomic E-state index is 0.0922. The van der Waals surface area contributed by atoms with Crippen molar-refractivity contribution in [3.63, 3.8) is 0 Å². The summed E-state index contributed by atoms with van der Waals surface area (Å²) in [6, 6.07) is 14.7. The smallest absolute Gasteiger partial charge is 0.371 e. The van der Waals surface area contributed by atoms with E-state index in [1.165, 1.54) is 6.07 Å². The Kier molecular flexibility index (Phi) is 6.29. The van der Waals surface area contributed by atoms with E-state index in [-0.39, 0.29) is 12.4 Å². The number of benzene rings is 2. The predicted octanol–water partition coefficient (Wildman–Crippen LogP) is 2.70. The van der Waals surface area contributed by atoms with Crippen molar-refractivity contribution >= 4 is 22.6 Å². The molecule has 0 radical (unpaired) electrons. The molecule has 0 amide bonds. The van der Waals surface area contributed by atoms with Crippen LogP contribution >= 0.6 is 0 Å². The van der Waals surface area contributed by atoms with Crippen LogP contribution in [0.4, 0.5) is 5.69 Å². The van der Waals surface area contributed by atoms with Gasteiger partial charge in [0.15, 0.2) is 11.3 Å². The van der Waals surface area contributed by atoms with Crippen molar-refractivity contribution in [3.05, 3.63) is 54.3 Å². The number of carboxylic acid groups (broad SMARTS) is 1. The fraction of sp³-hybridized carbons (Fsp3) is 0.348. The average molecular weight is 426 g/mol. The van der Waals surface area contributed by atoms with Crippen LogP contribution in [0.25, 0.3) is 11.0 Å². The topological polar surface area (TPSA) is 95.6 Å².